The van der Waals surface area contributed by atoms with Crippen molar-refractivity contribution >= 4 is 5.91 Å². The fourth-order valence-electron chi connectivity index (χ4n) is 2.01. The van der Waals surface area contributed by atoms with Gasteiger partial charge in [-0.25, -0.2) is 4.68 Å². The van der Waals surface area contributed by atoms with Crippen molar-refractivity contribution < 1.29 is 4.79 Å². The maximum Gasteiger partial charge on any atom is 0.273 e. The molecule has 1 amide bonds. The number of carbonyl (C=O) groups excluding carboxylic acids is 1. The minimum absolute atomic E-state index is 0.171. The summed E-state index contributed by atoms with van der Waals surface area (Å²) in [6.07, 6.45) is 1.65. The van der Waals surface area contributed by atoms with Gasteiger partial charge in [0.15, 0.2) is 5.69 Å². The molecule has 1 aromatic carbocycles. The lowest BCUT2D eigenvalue weighted by molar-refractivity contribution is 0.0937. The number of aromatic nitrogens is 3. The molecule has 6 heteroatoms. The number of aryl methyl sites for hydroxylation is 1. The van der Waals surface area contributed by atoms with Gasteiger partial charge in [0, 0.05) is 25.6 Å². The van der Waals surface area contributed by atoms with Crippen molar-refractivity contribution in [2.45, 2.75) is 6.92 Å². The monoisotopic (exact) mass is 271 g/mol. The van der Waals surface area contributed by atoms with Gasteiger partial charge < -0.3 is 10.6 Å². The van der Waals surface area contributed by atoms with Crippen molar-refractivity contribution in [2.24, 2.45) is 5.92 Å². The summed E-state index contributed by atoms with van der Waals surface area (Å²) in [5.41, 5.74) is 2.42. The SMILES string of the molecule is Cc1ccc(-n2cc(C(=O)NCC3CNC3)nn2)cc1. The molecule has 0 bridgehead atoms. The van der Waals surface area contributed by atoms with E-state index >= 15 is 0 Å². The van der Waals surface area contributed by atoms with Crippen LogP contribution in [0, 0.1) is 12.8 Å². The van der Waals surface area contributed by atoms with Crippen molar-refractivity contribution in [1.82, 2.24) is 25.6 Å². The first-order valence-corrected chi connectivity index (χ1v) is 6.70. The molecule has 0 spiro atoms. The van der Waals surface area contributed by atoms with Crippen molar-refractivity contribution in [3.63, 3.8) is 0 Å². The lowest BCUT2D eigenvalue weighted by atomic mass is 10.0. The van der Waals surface area contributed by atoms with E-state index in [0.717, 1.165) is 18.8 Å². The molecule has 2 N–H and O–H groups in total. The van der Waals surface area contributed by atoms with Crippen LogP contribution in [0.15, 0.2) is 30.5 Å². The van der Waals surface area contributed by atoms with E-state index in [1.165, 1.54) is 5.56 Å². The van der Waals surface area contributed by atoms with E-state index < -0.39 is 0 Å². The Morgan fingerprint density at radius 2 is 2.15 bits per heavy atom. The topological polar surface area (TPSA) is 71.8 Å². The standard InChI is InChI=1S/C14H17N5O/c1-10-2-4-12(5-3-10)19-9-13(17-18-19)14(20)16-8-11-6-15-7-11/h2-5,9,11,15H,6-8H2,1H3,(H,16,20). The Bertz CT molecular complexity index is 600. The fourth-order valence-corrected chi connectivity index (χ4v) is 2.01. The van der Waals surface area contributed by atoms with Crippen LogP contribution < -0.4 is 10.6 Å². The average molecular weight is 271 g/mol. The van der Waals surface area contributed by atoms with Gasteiger partial charge in [-0.3, -0.25) is 4.79 Å². The highest BCUT2D eigenvalue weighted by atomic mass is 16.2. The van der Waals surface area contributed by atoms with E-state index in [9.17, 15) is 4.79 Å². The summed E-state index contributed by atoms with van der Waals surface area (Å²) >= 11 is 0. The maximum absolute atomic E-state index is 11.9. The molecule has 0 unspecified atom stereocenters. The molecule has 20 heavy (non-hydrogen) atoms. The van der Waals surface area contributed by atoms with Crippen LogP contribution in [0.5, 0.6) is 0 Å². The number of nitrogens with zero attached hydrogens (tertiary/aromatic N) is 3. The highest BCUT2D eigenvalue weighted by Gasteiger charge is 2.18. The Labute approximate surface area is 117 Å². The number of benzene rings is 1. The molecule has 104 valence electrons. The van der Waals surface area contributed by atoms with Gasteiger partial charge >= 0.3 is 0 Å². The van der Waals surface area contributed by atoms with Crippen LogP contribution in [-0.2, 0) is 0 Å². The second kappa shape index (κ2) is 5.42. The highest BCUT2D eigenvalue weighted by Crippen LogP contribution is 2.08. The van der Waals surface area contributed by atoms with Crippen molar-refractivity contribution in [3.05, 3.63) is 41.7 Å². The zero-order chi connectivity index (χ0) is 13.9. The first kappa shape index (κ1) is 12.8. The van der Waals surface area contributed by atoms with Gasteiger partial charge in [0.25, 0.3) is 5.91 Å². The van der Waals surface area contributed by atoms with Gasteiger partial charge in [-0.05, 0) is 19.1 Å². The Hall–Kier alpha value is -2.21. The summed E-state index contributed by atoms with van der Waals surface area (Å²) in [5.74, 6) is 0.362. The molecule has 1 fully saturated rings. The first-order valence-electron chi connectivity index (χ1n) is 6.70. The van der Waals surface area contributed by atoms with Gasteiger partial charge in [-0.1, -0.05) is 22.9 Å². The van der Waals surface area contributed by atoms with E-state index in [4.69, 9.17) is 0 Å². The van der Waals surface area contributed by atoms with E-state index in [0.29, 0.717) is 18.2 Å². The fraction of sp³-hybridized carbons (Fsp3) is 0.357. The van der Waals surface area contributed by atoms with Crippen LogP contribution in [0.1, 0.15) is 16.1 Å². The molecule has 1 aliphatic rings. The third-order valence-electron chi connectivity index (χ3n) is 3.44. The van der Waals surface area contributed by atoms with Crippen molar-refractivity contribution in [1.29, 1.82) is 0 Å². The van der Waals surface area contributed by atoms with Gasteiger partial charge in [-0.2, -0.15) is 0 Å². The summed E-state index contributed by atoms with van der Waals surface area (Å²) in [6.45, 7) is 4.65. The van der Waals surface area contributed by atoms with E-state index in [-0.39, 0.29) is 5.91 Å². The minimum Gasteiger partial charge on any atom is -0.350 e. The Balaban J connectivity index is 1.66. The lowest BCUT2D eigenvalue weighted by Gasteiger charge is -2.26. The molecular formula is C14H17N5O. The molecule has 0 saturated carbocycles. The third kappa shape index (κ3) is 2.70. The zero-order valence-electron chi connectivity index (χ0n) is 11.3. The minimum atomic E-state index is -0.171. The number of hydrogen-bond acceptors (Lipinski definition) is 4. The smallest absolute Gasteiger partial charge is 0.273 e. The molecule has 0 atom stereocenters. The largest absolute Gasteiger partial charge is 0.350 e. The molecule has 2 aromatic rings. The first-order chi connectivity index (χ1) is 9.72. The van der Waals surface area contributed by atoms with Crippen LogP contribution in [0.4, 0.5) is 0 Å². The molecule has 0 radical (unpaired) electrons. The Morgan fingerprint density at radius 3 is 2.80 bits per heavy atom. The zero-order valence-corrected chi connectivity index (χ0v) is 11.3. The molecular weight excluding hydrogens is 254 g/mol. The molecule has 3 rings (SSSR count). The summed E-state index contributed by atoms with van der Waals surface area (Å²) in [6, 6.07) is 7.90. The maximum atomic E-state index is 11.9. The Kier molecular flexibility index (Phi) is 3.47. The van der Waals surface area contributed by atoms with Gasteiger partial charge in [-0.15, -0.1) is 5.10 Å². The predicted octanol–water partition coefficient (Wildman–Crippen LogP) is 0.525. The Morgan fingerprint density at radius 1 is 1.40 bits per heavy atom. The average Bonchev–Trinajstić information content (AvgIpc) is 2.87. The van der Waals surface area contributed by atoms with E-state index in [2.05, 4.69) is 20.9 Å². The molecule has 1 aromatic heterocycles. The normalized spacial score (nSPS) is 14.8. The quantitative estimate of drug-likeness (QED) is 0.850. The lowest BCUT2D eigenvalue weighted by Crippen LogP contribution is -2.48. The van der Waals surface area contributed by atoms with Crippen LogP contribution in [0.3, 0.4) is 0 Å². The summed E-state index contributed by atoms with van der Waals surface area (Å²) in [4.78, 5) is 11.9. The molecule has 2 heterocycles. The van der Waals surface area contributed by atoms with Crippen LogP contribution >= 0.6 is 0 Å². The third-order valence-corrected chi connectivity index (χ3v) is 3.44. The van der Waals surface area contributed by atoms with E-state index in [1.807, 2.05) is 31.2 Å². The predicted molar refractivity (Wildman–Crippen MR) is 74.8 cm³/mol. The number of nitrogens with one attached hydrogen (secondary N) is 2. The summed E-state index contributed by atoms with van der Waals surface area (Å²) in [5, 5.41) is 14.0. The number of amides is 1. The molecule has 6 nitrogen and oxygen atoms in total. The number of hydrogen-bond donors (Lipinski definition) is 2. The van der Waals surface area contributed by atoms with Gasteiger partial charge in [0.2, 0.25) is 0 Å². The number of rotatable bonds is 4. The molecule has 0 aliphatic carbocycles. The molecule has 1 aliphatic heterocycles. The van der Waals surface area contributed by atoms with Crippen molar-refractivity contribution in [3.8, 4) is 5.69 Å². The van der Waals surface area contributed by atoms with E-state index in [1.54, 1.807) is 10.9 Å². The van der Waals surface area contributed by atoms with Crippen LogP contribution in [0.2, 0.25) is 0 Å². The summed E-state index contributed by atoms with van der Waals surface area (Å²) < 4.78 is 1.61. The van der Waals surface area contributed by atoms with Gasteiger partial charge in [0.05, 0.1) is 11.9 Å². The van der Waals surface area contributed by atoms with Crippen molar-refractivity contribution in [2.75, 3.05) is 19.6 Å². The second-order valence-corrected chi connectivity index (χ2v) is 5.12. The van der Waals surface area contributed by atoms with Crippen LogP contribution in [-0.4, -0.2) is 40.5 Å². The molecule has 1 saturated heterocycles. The number of carbonyl (C=O) groups is 1. The summed E-state index contributed by atoms with van der Waals surface area (Å²) in [7, 11) is 0. The van der Waals surface area contributed by atoms with Gasteiger partial charge in [0.1, 0.15) is 0 Å². The second-order valence-electron chi connectivity index (χ2n) is 5.12. The van der Waals surface area contributed by atoms with Crippen LogP contribution in [0.25, 0.3) is 5.69 Å². The highest BCUT2D eigenvalue weighted by molar-refractivity contribution is 5.91.